The number of aliphatic hydroxyl groups is 2. The fourth-order valence-corrected chi connectivity index (χ4v) is 4.04. The summed E-state index contributed by atoms with van der Waals surface area (Å²) in [5.41, 5.74) is -0.820. The fourth-order valence-electron chi connectivity index (χ4n) is 2.10. The van der Waals surface area contributed by atoms with E-state index in [0.29, 0.717) is 13.0 Å². The van der Waals surface area contributed by atoms with Crippen LogP contribution in [0.1, 0.15) is 13.3 Å². The first-order chi connectivity index (χ1) is 7.49. The number of ether oxygens (including phenoxy) is 1. The Balaban J connectivity index is 2.77. The molecule has 1 heterocycles. The van der Waals surface area contributed by atoms with Crippen LogP contribution in [-0.4, -0.2) is 56.6 Å². The second-order valence-corrected chi connectivity index (χ2v) is 6.64. The lowest BCUT2D eigenvalue weighted by atomic mass is 9.77. The van der Waals surface area contributed by atoms with Crippen molar-refractivity contribution in [3.63, 3.8) is 0 Å². The molecule has 0 radical (unpaired) electrons. The first-order valence-corrected chi connectivity index (χ1v) is 7.31. The third-order valence-electron chi connectivity index (χ3n) is 3.32. The van der Waals surface area contributed by atoms with E-state index in [4.69, 9.17) is 4.74 Å². The van der Waals surface area contributed by atoms with Crippen molar-refractivity contribution in [3.05, 3.63) is 0 Å². The molecule has 1 aliphatic heterocycles. The Labute approximate surface area is 96.3 Å². The molecule has 1 saturated heterocycles. The molecule has 16 heavy (non-hydrogen) atoms. The summed E-state index contributed by atoms with van der Waals surface area (Å²) in [5.74, 6) is -0.0220. The number of hydrogen-bond acceptors (Lipinski definition) is 5. The maximum atomic E-state index is 11.4. The zero-order valence-corrected chi connectivity index (χ0v) is 10.4. The highest BCUT2D eigenvalue weighted by Gasteiger charge is 2.44. The minimum Gasteiger partial charge on any atom is -0.396 e. The smallest absolute Gasteiger partial charge is 0.150 e. The van der Waals surface area contributed by atoms with Crippen LogP contribution in [0.5, 0.6) is 0 Å². The third-order valence-corrected chi connectivity index (χ3v) is 5.09. The van der Waals surface area contributed by atoms with Crippen LogP contribution in [-0.2, 0) is 14.6 Å². The van der Waals surface area contributed by atoms with Crippen molar-refractivity contribution in [3.8, 4) is 0 Å². The molecule has 0 amide bonds. The molecule has 1 fully saturated rings. The molecule has 1 unspecified atom stereocenters. The van der Waals surface area contributed by atoms with E-state index in [-0.39, 0.29) is 37.2 Å². The maximum absolute atomic E-state index is 11.4. The third kappa shape index (κ3) is 2.94. The molecule has 0 saturated carbocycles. The van der Waals surface area contributed by atoms with Gasteiger partial charge in [-0.1, -0.05) is 0 Å². The molecule has 0 aliphatic carbocycles. The molecule has 0 bridgehead atoms. The van der Waals surface area contributed by atoms with Crippen molar-refractivity contribution in [1.29, 1.82) is 0 Å². The van der Waals surface area contributed by atoms with E-state index < -0.39 is 15.3 Å². The quantitative estimate of drug-likeness (QED) is 0.661. The summed E-state index contributed by atoms with van der Waals surface area (Å²) in [6.45, 7) is 2.02. The van der Waals surface area contributed by atoms with Gasteiger partial charge in [0.2, 0.25) is 0 Å². The molecule has 0 aromatic rings. The van der Waals surface area contributed by atoms with E-state index in [1.54, 1.807) is 0 Å². The molecule has 1 aliphatic rings. The molecule has 1 rings (SSSR count). The zero-order chi connectivity index (χ0) is 12.2. The average Bonchev–Trinajstić information content (AvgIpc) is 2.62. The summed E-state index contributed by atoms with van der Waals surface area (Å²) >= 11 is 0. The zero-order valence-electron chi connectivity index (χ0n) is 9.55. The Kier molecular flexibility index (Phi) is 4.73. The first-order valence-electron chi connectivity index (χ1n) is 5.49. The van der Waals surface area contributed by atoms with Crippen LogP contribution in [0.3, 0.4) is 0 Å². The Bertz CT molecular complexity index is 307. The summed E-state index contributed by atoms with van der Waals surface area (Å²) in [4.78, 5) is 0. The van der Waals surface area contributed by atoms with Gasteiger partial charge >= 0.3 is 0 Å². The van der Waals surface area contributed by atoms with Crippen molar-refractivity contribution < 1.29 is 23.4 Å². The van der Waals surface area contributed by atoms with Crippen LogP contribution in [0.15, 0.2) is 0 Å². The van der Waals surface area contributed by atoms with Crippen LogP contribution >= 0.6 is 0 Å². The van der Waals surface area contributed by atoms with Crippen LogP contribution in [0.2, 0.25) is 0 Å². The molecular formula is C10H20O5S. The van der Waals surface area contributed by atoms with E-state index >= 15 is 0 Å². The number of rotatable bonds is 6. The van der Waals surface area contributed by atoms with Crippen LogP contribution in [0.4, 0.5) is 0 Å². The summed E-state index contributed by atoms with van der Waals surface area (Å²) in [7, 11) is -3.00. The van der Waals surface area contributed by atoms with Gasteiger partial charge in [-0.25, -0.2) is 8.42 Å². The Hall–Kier alpha value is -0.170. The lowest BCUT2D eigenvalue weighted by molar-refractivity contribution is -0.0552. The highest BCUT2D eigenvalue weighted by Crippen LogP contribution is 2.36. The van der Waals surface area contributed by atoms with E-state index in [0.717, 1.165) is 0 Å². The van der Waals surface area contributed by atoms with Crippen LogP contribution in [0.25, 0.3) is 0 Å². The largest absolute Gasteiger partial charge is 0.396 e. The Morgan fingerprint density at radius 3 is 2.38 bits per heavy atom. The van der Waals surface area contributed by atoms with E-state index in [9.17, 15) is 18.6 Å². The molecule has 96 valence electrons. The minimum atomic E-state index is -3.00. The predicted molar refractivity (Wildman–Crippen MR) is 59.9 cm³/mol. The number of aliphatic hydroxyl groups excluding tert-OH is 2. The van der Waals surface area contributed by atoms with Gasteiger partial charge in [0, 0.05) is 12.0 Å². The van der Waals surface area contributed by atoms with Gasteiger partial charge in [0.25, 0.3) is 0 Å². The van der Waals surface area contributed by atoms with Gasteiger partial charge in [0.1, 0.15) is 0 Å². The van der Waals surface area contributed by atoms with Gasteiger partial charge < -0.3 is 14.9 Å². The van der Waals surface area contributed by atoms with Crippen molar-refractivity contribution in [2.45, 2.75) is 13.3 Å². The van der Waals surface area contributed by atoms with Gasteiger partial charge in [0.05, 0.1) is 31.3 Å². The topological polar surface area (TPSA) is 83.8 Å². The first kappa shape index (κ1) is 13.9. The van der Waals surface area contributed by atoms with E-state index in [1.807, 2.05) is 6.92 Å². The Morgan fingerprint density at radius 1 is 1.38 bits per heavy atom. The fraction of sp³-hybridized carbons (Fsp3) is 1.00. The summed E-state index contributed by atoms with van der Waals surface area (Å²) in [5, 5.41) is 18.8. The van der Waals surface area contributed by atoms with Gasteiger partial charge in [-0.2, -0.15) is 0 Å². The van der Waals surface area contributed by atoms with Gasteiger partial charge in [0.15, 0.2) is 9.84 Å². The molecule has 0 aromatic heterocycles. The molecule has 1 atom stereocenters. The average molecular weight is 252 g/mol. The molecule has 0 spiro atoms. The van der Waals surface area contributed by atoms with Crippen molar-refractivity contribution in [1.82, 2.24) is 0 Å². The standard InChI is InChI=1S/C10H20O5S/c1-2-15-8-10(6-11,7-12)9-3-4-16(13,14)5-9/h9,11-12H,2-8H2,1H3. The monoisotopic (exact) mass is 252 g/mol. The molecule has 0 aromatic carbocycles. The normalized spacial score (nSPS) is 24.8. The summed E-state index contributed by atoms with van der Waals surface area (Å²) in [6.07, 6.45) is 0.497. The second-order valence-electron chi connectivity index (χ2n) is 4.42. The van der Waals surface area contributed by atoms with Gasteiger partial charge in [-0.05, 0) is 19.3 Å². The highest BCUT2D eigenvalue weighted by atomic mass is 32.2. The summed E-state index contributed by atoms with van der Waals surface area (Å²) < 4.78 is 28.0. The summed E-state index contributed by atoms with van der Waals surface area (Å²) in [6, 6.07) is 0. The molecular weight excluding hydrogens is 232 g/mol. The van der Waals surface area contributed by atoms with Crippen LogP contribution < -0.4 is 0 Å². The van der Waals surface area contributed by atoms with E-state index in [1.165, 1.54) is 0 Å². The Morgan fingerprint density at radius 2 is 2.00 bits per heavy atom. The number of sulfone groups is 1. The van der Waals surface area contributed by atoms with Crippen molar-refractivity contribution in [2.24, 2.45) is 11.3 Å². The van der Waals surface area contributed by atoms with E-state index in [2.05, 4.69) is 0 Å². The lowest BCUT2D eigenvalue weighted by Crippen LogP contribution is -2.43. The van der Waals surface area contributed by atoms with Gasteiger partial charge in [-0.15, -0.1) is 0 Å². The molecule has 5 nitrogen and oxygen atoms in total. The van der Waals surface area contributed by atoms with Crippen molar-refractivity contribution in [2.75, 3.05) is 37.9 Å². The SMILES string of the molecule is CCOCC(CO)(CO)C1CCS(=O)(=O)C1. The van der Waals surface area contributed by atoms with Crippen molar-refractivity contribution >= 4 is 9.84 Å². The highest BCUT2D eigenvalue weighted by molar-refractivity contribution is 7.91. The second kappa shape index (κ2) is 5.44. The molecule has 2 N–H and O–H groups in total. The van der Waals surface area contributed by atoms with Crippen LogP contribution in [0, 0.1) is 11.3 Å². The predicted octanol–water partition coefficient (Wildman–Crippen LogP) is -0.571. The molecule has 6 heteroatoms. The maximum Gasteiger partial charge on any atom is 0.150 e. The minimum absolute atomic E-state index is 0.0429. The number of hydrogen-bond donors (Lipinski definition) is 2. The van der Waals surface area contributed by atoms with Gasteiger partial charge in [-0.3, -0.25) is 0 Å². The lowest BCUT2D eigenvalue weighted by Gasteiger charge is -2.34.